The molecule has 0 radical (unpaired) electrons. The van der Waals surface area contributed by atoms with Crippen LogP contribution in [-0.2, 0) is 0 Å². The fourth-order valence-electron chi connectivity index (χ4n) is 1.75. The van der Waals surface area contributed by atoms with Crippen LogP contribution >= 0.6 is 11.6 Å². The van der Waals surface area contributed by atoms with Gasteiger partial charge in [0.25, 0.3) is 0 Å². The summed E-state index contributed by atoms with van der Waals surface area (Å²) in [5.41, 5.74) is 1.39. The summed E-state index contributed by atoms with van der Waals surface area (Å²) in [5, 5.41) is 11.3. The Balaban J connectivity index is 2.47. The number of pyridine rings is 1. The molecular weight excluding hydrogens is 268 g/mol. The topological polar surface area (TPSA) is 65.3 Å². The molecule has 5 nitrogen and oxygen atoms in total. The summed E-state index contributed by atoms with van der Waals surface area (Å²) in [7, 11) is 0. The van der Waals surface area contributed by atoms with Crippen molar-refractivity contribution in [3.8, 4) is 11.6 Å². The van der Waals surface area contributed by atoms with Crippen LogP contribution in [0.1, 0.15) is 11.1 Å². The third-order valence-corrected chi connectivity index (χ3v) is 2.70. The van der Waals surface area contributed by atoms with Gasteiger partial charge in [-0.25, -0.2) is 4.98 Å². The zero-order valence-electron chi connectivity index (χ0n) is 10.4. The zero-order valence-corrected chi connectivity index (χ0v) is 11.1. The van der Waals surface area contributed by atoms with Gasteiger partial charge < -0.3 is 4.74 Å². The Kier molecular flexibility index (Phi) is 3.66. The number of nitrogens with zero attached hydrogens (tertiary/aromatic N) is 2. The van der Waals surface area contributed by atoms with Crippen LogP contribution in [0.5, 0.6) is 11.6 Å². The lowest BCUT2D eigenvalue weighted by atomic mass is 10.1. The lowest BCUT2D eigenvalue weighted by Crippen LogP contribution is -1.97. The van der Waals surface area contributed by atoms with E-state index in [2.05, 4.69) is 4.98 Å². The van der Waals surface area contributed by atoms with E-state index < -0.39 is 4.92 Å². The van der Waals surface area contributed by atoms with E-state index in [-0.39, 0.29) is 22.5 Å². The Morgan fingerprint density at radius 1 is 1.32 bits per heavy atom. The fourth-order valence-corrected chi connectivity index (χ4v) is 1.91. The summed E-state index contributed by atoms with van der Waals surface area (Å²) in [6, 6.07) is 8.14. The van der Waals surface area contributed by atoms with E-state index in [1.807, 2.05) is 6.07 Å². The highest BCUT2D eigenvalue weighted by Gasteiger charge is 2.19. The van der Waals surface area contributed by atoms with Gasteiger partial charge in [-0.3, -0.25) is 10.1 Å². The second-order valence-corrected chi connectivity index (χ2v) is 4.48. The first-order valence-corrected chi connectivity index (χ1v) is 5.91. The van der Waals surface area contributed by atoms with Crippen molar-refractivity contribution in [2.45, 2.75) is 13.8 Å². The van der Waals surface area contributed by atoms with Crippen molar-refractivity contribution in [1.29, 1.82) is 0 Å². The van der Waals surface area contributed by atoms with Gasteiger partial charge in [-0.1, -0.05) is 23.7 Å². The number of hydrogen-bond donors (Lipinski definition) is 0. The number of aryl methyl sites for hydroxylation is 2. The molecule has 6 heteroatoms. The van der Waals surface area contributed by atoms with Crippen LogP contribution in [0, 0.1) is 24.0 Å². The first-order chi connectivity index (χ1) is 8.97. The van der Waals surface area contributed by atoms with E-state index in [4.69, 9.17) is 16.3 Å². The van der Waals surface area contributed by atoms with Crippen molar-refractivity contribution in [2.24, 2.45) is 0 Å². The molecule has 1 aromatic carbocycles. The lowest BCUT2D eigenvalue weighted by molar-refractivity contribution is -0.385. The predicted molar refractivity (Wildman–Crippen MR) is 71.9 cm³/mol. The van der Waals surface area contributed by atoms with Gasteiger partial charge in [0.15, 0.2) is 0 Å². The maximum atomic E-state index is 11.1. The van der Waals surface area contributed by atoms with E-state index in [0.29, 0.717) is 5.56 Å². The molecule has 19 heavy (non-hydrogen) atoms. The van der Waals surface area contributed by atoms with Gasteiger partial charge in [-0.15, -0.1) is 0 Å². The Labute approximate surface area is 115 Å². The van der Waals surface area contributed by atoms with E-state index in [0.717, 1.165) is 5.56 Å². The Hall–Kier alpha value is -2.14. The lowest BCUT2D eigenvalue weighted by Gasteiger charge is -2.09. The van der Waals surface area contributed by atoms with Crippen molar-refractivity contribution in [2.75, 3.05) is 0 Å². The van der Waals surface area contributed by atoms with Crippen LogP contribution in [0.4, 0.5) is 5.69 Å². The van der Waals surface area contributed by atoms with Crippen molar-refractivity contribution in [1.82, 2.24) is 4.98 Å². The number of benzene rings is 1. The molecule has 2 rings (SSSR count). The van der Waals surface area contributed by atoms with Crippen LogP contribution in [0.15, 0.2) is 30.3 Å². The molecule has 0 bridgehead atoms. The Bertz CT molecular complexity index is 644. The van der Waals surface area contributed by atoms with Crippen molar-refractivity contribution in [3.63, 3.8) is 0 Å². The van der Waals surface area contributed by atoms with E-state index in [1.54, 1.807) is 32.0 Å². The average molecular weight is 279 g/mol. The van der Waals surface area contributed by atoms with Gasteiger partial charge in [-0.05, 0) is 31.0 Å². The minimum atomic E-state index is -0.472. The molecule has 0 aliphatic rings. The van der Waals surface area contributed by atoms with E-state index in [1.165, 1.54) is 6.07 Å². The quantitative estimate of drug-likeness (QED) is 0.482. The maximum Gasteiger partial charge on any atom is 0.312 e. The molecule has 0 N–H and O–H groups in total. The average Bonchev–Trinajstić information content (AvgIpc) is 2.32. The van der Waals surface area contributed by atoms with E-state index >= 15 is 0 Å². The zero-order chi connectivity index (χ0) is 14.0. The summed E-state index contributed by atoms with van der Waals surface area (Å²) >= 11 is 5.75. The number of nitro groups is 1. The number of halogens is 1. The number of ether oxygens (including phenoxy) is 1. The van der Waals surface area contributed by atoms with Crippen LogP contribution < -0.4 is 4.74 Å². The number of hydrogen-bond acceptors (Lipinski definition) is 4. The minimum Gasteiger partial charge on any atom is -0.431 e. The molecule has 0 saturated carbocycles. The SMILES string of the molecule is Cc1cc(C)c(Oc2cccc(Cl)n2)c([N+](=O)[O-])c1. The largest absolute Gasteiger partial charge is 0.431 e. The van der Waals surface area contributed by atoms with Gasteiger partial charge in [0.2, 0.25) is 11.6 Å². The molecule has 0 aliphatic carbocycles. The number of rotatable bonds is 3. The standard InChI is InChI=1S/C13H11ClN2O3/c1-8-6-9(2)13(10(7-8)16(17)18)19-12-5-3-4-11(14)15-12/h3-7H,1-2H3. The molecule has 0 spiro atoms. The van der Waals surface area contributed by atoms with Crippen molar-refractivity contribution in [3.05, 3.63) is 56.7 Å². The molecule has 0 aliphatic heterocycles. The maximum absolute atomic E-state index is 11.1. The van der Waals surface area contributed by atoms with Gasteiger partial charge >= 0.3 is 5.69 Å². The van der Waals surface area contributed by atoms with Crippen molar-refractivity contribution >= 4 is 17.3 Å². The summed E-state index contributed by atoms with van der Waals surface area (Å²) in [5.74, 6) is 0.410. The predicted octanol–water partition coefficient (Wildman–Crippen LogP) is 4.05. The van der Waals surface area contributed by atoms with Crippen LogP contribution in [0.2, 0.25) is 5.15 Å². The number of aromatic nitrogens is 1. The molecule has 1 heterocycles. The van der Waals surface area contributed by atoms with Gasteiger partial charge in [-0.2, -0.15) is 0 Å². The molecule has 0 unspecified atom stereocenters. The second kappa shape index (κ2) is 5.24. The molecule has 98 valence electrons. The summed E-state index contributed by atoms with van der Waals surface area (Å²) < 4.78 is 5.50. The molecule has 2 aromatic rings. The normalized spacial score (nSPS) is 10.3. The Morgan fingerprint density at radius 2 is 2.05 bits per heavy atom. The van der Waals surface area contributed by atoms with Gasteiger partial charge in [0.05, 0.1) is 4.92 Å². The third-order valence-electron chi connectivity index (χ3n) is 2.49. The summed E-state index contributed by atoms with van der Waals surface area (Å²) in [6.07, 6.45) is 0. The minimum absolute atomic E-state index is 0.0840. The number of nitro benzene ring substituents is 1. The van der Waals surface area contributed by atoms with Crippen LogP contribution in [-0.4, -0.2) is 9.91 Å². The van der Waals surface area contributed by atoms with Crippen molar-refractivity contribution < 1.29 is 9.66 Å². The van der Waals surface area contributed by atoms with Crippen LogP contribution in [0.3, 0.4) is 0 Å². The third kappa shape index (κ3) is 3.00. The monoisotopic (exact) mass is 278 g/mol. The first kappa shape index (κ1) is 13.3. The molecule has 1 aromatic heterocycles. The summed E-state index contributed by atoms with van der Waals surface area (Å²) in [4.78, 5) is 14.5. The van der Waals surface area contributed by atoms with Crippen LogP contribution in [0.25, 0.3) is 0 Å². The second-order valence-electron chi connectivity index (χ2n) is 4.09. The van der Waals surface area contributed by atoms with Gasteiger partial charge in [0, 0.05) is 12.1 Å². The molecule has 0 fully saturated rings. The first-order valence-electron chi connectivity index (χ1n) is 5.53. The highest BCUT2D eigenvalue weighted by molar-refractivity contribution is 6.29. The smallest absolute Gasteiger partial charge is 0.312 e. The highest BCUT2D eigenvalue weighted by atomic mass is 35.5. The fraction of sp³-hybridized carbons (Fsp3) is 0.154. The molecular formula is C13H11ClN2O3. The van der Waals surface area contributed by atoms with E-state index in [9.17, 15) is 10.1 Å². The highest BCUT2D eigenvalue weighted by Crippen LogP contribution is 2.35. The molecule has 0 amide bonds. The molecule has 0 atom stereocenters. The molecule has 0 saturated heterocycles. The van der Waals surface area contributed by atoms with Gasteiger partial charge in [0.1, 0.15) is 5.15 Å². The Morgan fingerprint density at radius 3 is 2.68 bits per heavy atom. The summed E-state index contributed by atoms with van der Waals surface area (Å²) in [6.45, 7) is 3.54.